The van der Waals surface area contributed by atoms with E-state index in [0.717, 1.165) is 22.4 Å². The summed E-state index contributed by atoms with van der Waals surface area (Å²) in [5.41, 5.74) is 3.36. The summed E-state index contributed by atoms with van der Waals surface area (Å²) in [4.78, 5) is 19.8. The van der Waals surface area contributed by atoms with Crippen LogP contribution >= 0.6 is 0 Å². The molecule has 0 unspecified atom stereocenters. The summed E-state index contributed by atoms with van der Waals surface area (Å²) >= 11 is 0. The molecule has 0 aliphatic rings. The van der Waals surface area contributed by atoms with Gasteiger partial charge in [0.15, 0.2) is 17.3 Å². The lowest BCUT2D eigenvalue weighted by atomic mass is 10.00. The van der Waals surface area contributed by atoms with Crippen molar-refractivity contribution < 1.29 is 14.3 Å². The van der Waals surface area contributed by atoms with Gasteiger partial charge in [-0.15, -0.1) is 0 Å². The van der Waals surface area contributed by atoms with Crippen LogP contribution in [0, 0.1) is 0 Å². The number of para-hydroxylation sites is 2. The van der Waals surface area contributed by atoms with Crippen molar-refractivity contribution in [3.63, 3.8) is 0 Å². The molecule has 3 rings (SSSR count). The lowest BCUT2D eigenvalue weighted by molar-refractivity contribution is 0.101. The van der Waals surface area contributed by atoms with Crippen LogP contribution in [0.3, 0.4) is 0 Å². The Morgan fingerprint density at radius 2 is 1.83 bits per heavy atom. The number of carbonyl (C=O) groups excluding carboxylic acids is 1. The number of rotatable bonds is 5. The molecule has 0 saturated heterocycles. The van der Waals surface area contributed by atoms with E-state index in [-0.39, 0.29) is 5.78 Å². The lowest BCUT2D eigenvalue weighted by Gasteiger charge is -2.12. The number of methoxy groups -OCH3 is 2. The normalized spacial score (nSPS) is 10.7. The first-order valence-electron chi connectivity index (χ1n) is 7.32. The predicted molar refractivity (Wildman–Crippen MR) is 88.5 cm³/mol. The van der Waals surface area contributed by atoms with E-state index in [4.69, 9.17) is 9.47 Å². The Morgan fingerprint density at radius 1 is 1.13 bits per heavy atom. The van der Waals surface area contributed by atoms with Crippen molar-refractivity contribution in [1.29, 1.82) is 0 Å². The quantitative estimate of drug-likeness (QED) is 0.734. The second-order valence-corrected chi connectivity index (χ2v) is 5.30. The van der Waals surface area contributed by atoms with Gasteiger partial charge in [-0.1, -0.05) is 12.1 Å². The zero-order valence-corrected chi connectivity index (χ0v) is 13.3. The van der Waals surface area contributed by atoms with Gasteiger partial charge >= 0.3 is 0 Å². The summed E-state index contributed by atoms with van der Waals surface area (Å²) < 4.78 is 10.6. The standard InChI is InChI=1S/C18H18N2O3/c1-11(21)13-10-17(23-3)16(22-2)8-12(13)9-18-19-14-6-4-5-7-15(14)20-18/h4-8,10H,9H2,1-3H3,(H,19,20). The number of H-pyrrole nitrogens is 1. The SMILES string of the molecule is COc1cc(Cc2nc3ccccc3[nH]2)c(C(C)=O)cc1OC. The van der Waals surface area contributed by atoms with Crippen LogP contribution in [0.15, 0.2) is 36.4 Å². The molecule has 1 aromatic heterocycles. The molecule has 5 heteroatoms. The fourth-order valence-corrected chi connectivity index (χ4v) is 2.66. The number of ketones is 1. The molecule has 0 aliphatic carbocycles. The van der Waals surface area contributed by atoms with Gasteiger partial charge in [0.05, 0.1) is 25.3 Å². The van der Waals surface area contributed by atoms with Crippen molar-refractivity contribution in [3.8, 4) is 11.5 Å². The van der Waals surface area contributed by atoms with Gasteiger partial charge in [-0.05, 0) is 36.8 Å². The molecular formula is C18H18N2O3. The Hall–Kier alpha value is -2.82. The van der Waals surface area contributed by atoms with Gasteiger partial charge in [0.1, 0.15) is 5.82 Å². The largest absolute Gasteiger partial charge is 0.493 e. The summed E-state index contributed by atoms with van der Waals surface area (Å²) in [5, 5.41) is 0. The third-order valence-electron chi connectivity index (χ3n) is 3.78. The minimum Gasteiger partial charge on any atom is -0.493 e. The van der Waals surface area contributed by atoms with E-state index >= 15 is 0 Å². The molecule has 118 valence electrons. The highest BCUT2D eigenvalue weighted by molar-refractivity contribution is 5.96. The van der Waals surface area contributed by atoms with Crippen LogP contribution in [0.4, 0.5) is 0 Å². The average Bonchev–Trinajstić information content (AvgIpc) is 2.96. The smallest absolute Gasteiger partial charge is 0.161 e. The molecular weight excluding hydrogens is 292 g/mol. The zero-order valence-electron chi connectivity index (χ0n) is 13.3. The number of hydrogen-bond donors (Lipinski definition) is 1. The van der Waals surface area contributed by atoms with Gasteiger partial charge in [-0.2, -0.15) is 0 Å². The number of aromatic nitrogens is 2. The van der Waals surface area contributed by atoms with Crippen LogP contribution in [-0.4, -0.2) is 30.0 Å². The number of fused-ring (bicyclic) bond motifs is 1. The Kier molecular flexibility index (Phi) is 4.02. The first kappa shape index (κ1) is 15.1. The van der Waals surface area contributed by atoms with E-state index < -0.39 is 0 Å². The monoisotopic (exact) mass is 310 g/mol. The molecule has 0 fully saturated rings. The Bertz CT molecular complexity index is 835. The maximum atomic E-state index is 12.0. The van der Waals surface area contributed by atoms with Crippen molar-refractivity contribution in [2.24, 2.45) is 0 Å². The van der Waals surface area contributed by atoms with Gasteiger partial charge < -0.3 is 14.5 Å². The molecule has 0 spiro atoms. The summed E-state index contributed by atoms with van der Waals surface area (Å²) in [6.45, 7) is 1.55. The van der Waals surface area contributed by atoms with E-state index in [1.807, 2.05) is 30.3 Å². The molecule has 1 heterocycles. The number of carbonyl (C=O) groups is 1. The maximum absolute atomic E-state index is 12.0. The molecule has 2 aromatic carbocycles. The number of aromatic amines is 1. The molecule has 3 aromatic rings. The highest BCUT2D eigenvalue weighted by Crippen LogP contribution is 2.31. The fraction of sp³-hybridized carbons (Fsp3) is 0.222. The molecule has 5 nitrogen and oxygen atoms in total. The third-order valence-corrected chi connectivity index (χ3v) is 3.78. The van der Waals surface area contributed by atoms with Gasteiger partial charge in [0.25, 0.3) is 0 Å². The second kappa shape index (κ2) is 6.12. The summed E-state index contributed by atoms with van der Waals surface area (Å²) in [7, 11) is 3.14. The number of Topliss-reactive ketones (excluding diaryl/α,β-unsaturated/α-hetero) is 1. The first-order valence-corrected chi connectivity index (χ1v) is 7.32. The van der Waals surface area contributed by atoms with Crippen molar-refractivity contribution in [3.05, 3.63) is 53.3 Å². The van der Waals surface area contributed by atoms with Crippen LogP contribution in [0.1, 0.15) is 28.7 Å². The molecule has 23 heavy (non-hydrogen) atoms. The number of ether oxygens (including phenoxy) is 2. The molecule has 0 radical (unpaired) electrons. The van der Waals surface area contributed by atoms with E-state index in [2.05, 4.69) is 9.97 Å². The van der Waals surface area contributed by atoms with Crippen LogP contribution in [0.5, 0.6) is 11.5 Å². The fourth-order valence-electron chi connectivity index (χ4n) is 2.66. The molecule has 0 saturated carbocycles. The van der Waals surface area contributed by atoms with E-state index in [0.29, 0.717) is 23.5 Å². The molecule has 0 amide bonds. The number of imidazole rings is 1. The van der Waals surface area contributed by atoms with Gasteiger partial charge in [-0.3, -0.25) is 4.79 Å². The number of hydrogen-bond acceptors (Lipinski definition) is 4. The Labute approximate surface area is 134 Å². The summed E-state index contributed by atoms with van der Waals surface area (Å²) in [5.74, 6) is 1.94. The van der Waals surface area contributed by atoms with E-state index in [1.165, 1.54) is 0 Å². The zero-order chi connectivity index (χ0) is 16.4. The van der Waals surface area contributed by atoms with Crippen molar-refractivity contribution in [2.45, 2.75) is 13.3 Å². The van der Waals surface area contributed by atoms with E-state index in [1.54, 1.807) is 27.2 Å². The first-order chi connectivity index (χ1) is 11.1. The Balaban J connectivity index is 2.05. The number of nitrogens with one attached hydrogen (secondary N) is 1. The second-order valence-electron chi connectivity index (χ2n) is 5.30. The predicted octanol–water partition coefficient (Wildman–Crippen LogP) is 3.37. The molecule has 0 atom stereocenters. The third kappa shape index (κ3) is 2.90. The summed E-state index contributed by atoms with van der Waals surface area (Å²) in [6, 6.07) is 11.4. The Morgan fingerprint density at radius 3 is 2.48 bits per heavy atom. The van der Waals surface area contributed by atoms with Crippen LogP contribution in [0.25, 0.3) is 11.0 Å². The topological polar surface area (TPSA) is 64.2 Å². The minimum absolute atomic E-state index is 0.0166. The van der Waals surface area contributed by atoms with Gasteiger partial charge in [-0.25, -0.2) is 4.98 Å². The van der Waals surface area contributed by atoms with Gasteiger partial charge in [0.2, 0.25) is 0 Å². The minimum atomic E-state index is -0.0166. The van der Waals surface area contributed by atoms with Crippen LogP contribution in [0.2, 0.25) is 0 Å². The maximum Gasteiger partial charge on any atom is 0.161 e. The van der Waals surface area contributed by atoms with Crippen molar-refractivity contribution in [1.82, 2.24) is 9.97 Å². The van der Waals surface area contributed by atoms with Gasteiger partial charge in [0, 0.05) is 12.0 Å². The van der Waals surface area contributed by atoms with E-state index in [9.17, 15) is 4.79 Å². The highest BCUT2D eigenvalue weighted by Gasteiger charge is 2.15. The summed E-state index contributed by atoms with van der Waals surface area (Å²) in [6.07, 6.45) is 0.518. The van der Waals surface area contributed by atoms with Crippen molar-refractivity contribution in [2.75, 3.05) is 14.2 Å². The number of benzene rings is 2. The highest BCUT2D eigenvalue weighted by atomic mass is 16.5. The van der Waals surface area contributed by atoms with Crippen molar-refractivity contribution >= 4 is 16.8 Å². The van der Waals surface area contributed by atoms with Crippen LogP contribution < -0.4 is 9.47 Å². The molecule has 1 N–H and O–H groups in total. The van der Waals surface area contributed by atoms with Crippen LogP contribution in [-0.2, 0) is 6.42 Å². The number of nitrogens with zero attached hydrogens (tertiary/aromatic N) is 1. The molecule has 0 aliphatic heterocycles. The lowest BCUT2D eigenvalue weighted by Crippen LogP contribution is -2.04. The molecule has 0 bridgehead atoms. The average molecular weight is 310 g/mol.